The Morgan fingerprint density at radius 1 is 0.808 bits per heavy atom. The maximum atomic E-state index is 13.1. The molecule has 2 N–H and O–H groups in total. The number of benzene rings is 3. The highest BCUT2D eigenvalue weighted by atomic mass is 35.5. The van der Waals surface area contributed by atoms with Gasteiger partial charge in [0.05, 0.1) is 20.9 Å². The van der Waals surface area contributed by atoms with Crippen molar-refractivity contribution in [1.82, 2.24) is 0 Å². The highest BCUT2D eigenvalue weighted by Gasteiger charge is 2.37. The second-order valence-electron chi connectivity index (χ2n) is 5.51. The molecule has 0 saturated carbocycles. The molecule has 0 aromatic heterocycles. The summed E-state index contributed by atoms with van der Waals surface area (Å²) in [6.45, 7) is 0. The maximum absolute atomic E-state index is 13.1. The van der Waals surface area contributed by atoms with E-state index in [1.54, 1.807) is 42.5 Å². The zero-order valence-electron chi connectivity index (χ0n) is 13.3. The molecule has 1 unspecified atom stereocenters. The zero-order valence-corrected chi connectivity index (χ0v) is 15.7. The first-order valence-corrected chi connectivity index (χ1v) is 9.95. The van der Waals surface area contributed by atoms with Crippen LogP contribution in [-0.4, -0.2) is 15.5 Å². The van der Waals surface area contributed by atoms with Gasteiger partial charge in [0.15, 0.2) is 0 Å². The fourth-order valence-electron chi connectivity index (χ4n) is 2.63. The predicted molar refractivity (Wildman–Crippen MR) is 104 cm³/mol. The maximum Gasteiger partial charge on any atom is 0.299 e. The minimum atomic E-state index is -4.55. The Labute approximate surface area is 160 Å². The average Bonchev–Trinajstić information content (AvgIpc) is 2.62. The summed E-state index contributed by atoms with van der Waals surface area (Å²) in [7, 11) is -4.55. The normalized spacial score (nSPS) is 13.2. The van der Waals surface area contributed by atoms with Crippen molar-refractivity contribution in [1.29, 1.82) is 0 Å². The Kier molecular flexibility index (Phi) is 5.22. The lowest BCUT2D eigenvalue weighted by atomic mass is 10.0. The van der Waals surface area contributed by atoms with Crippen LogP contribution in [0.1, 0.15) is 10.4 Å². The third kappa shape index (κ3) is 3.29. The Hall–Kier alpha value is -2.10. The van der Waals surface area contributed by atoms with Gasteiger partial charge in [0.1, 0.15) is 5.75 Å². The summed E-state index contributed by atoms with van der Waals surface area (Å²) in [6, 6.07) is 16.9. The minimum Gasteiger partial charge on any atom is -0.507 e. The number of aromatic hydroxyl groups is 1. The van der Waals surface area contributed by atoms with Crippen LogP contribution in [0, 0.1) is 0 Å². The smallest absolute Gasteiger partial charge is 0.299 e. The number of phenols is 1. The molecule has 1 atom stereocenters. The lowest BCUT2D eigenvalue weighted by molar-refractivity contribution is 0.106. The molecule has 0 aliphatic rings. The molecule has 7 heteroatoms. The van der Waals surface area contributed by atoms with Crippen LogP contribution in [0.5, 0.6) is 5.75 Å². The molecule has 0 amide bonds. The van der Waals surface area contributed by atoms with Gasteiger partial charge < -0.3 is 10.00 Å². The van der Waals surface area contributed by atoms with Crippen LogP contribution in [0.25, 0.3) is 11.1 Å². The summed E-state index contributed by atoms with van der Waals surface area (Å²) in [5.74, 6) is -0.0665. The molecule has 3 rings (SSSR count). The molecule has 0 fully saturated rings. The number of hydrogen-bond acceptors (Lipinski definition) is 3. The van der Waals surface area contributed by atoms with E-state index in [0.29, 0.717) is 5.56 Å². The third-order valence-electron chi connectivity index (χ3n) is 3.88. The average molecular weight is 407 g/mol. The molecular weight excluding hydrogens is 394 g/mol. The van der Waals surface area contributed by atoms with Crippen LogP contribution in [0.2, 0.25) is 10.0 Å². The first-order valence-electron chi connectivity index (χ1n) is 7.53. The van der Waals surface area contributed by atoms with Gasteiger partial charge >= 0.3 is 0 Å². The fourth-order valence-corrected chi connectivity index (χ4v) is 4.90. The Morgan fingerprint density at radius 3 is 1.96 bits per heavy atom. The van der Waals surface area contributed by atoms with Crippen molar-refractivity contribution in [3.05, 3.63) is 82.3 Å². The van der Waals surface area contributed by atoms with E-state index in [9.17, 15) is 19.4 Å². The van der Waals surface area contributed by atoms with Crippen LogP contribution in [0.3, 0.4) is 0 Å². The number of carbonyl (C=O) groups is 1. The predicted octanol–water partition coefficient (Wildman–Crippen LogP) is 5.10. The van der Waals surface area contributed by atoms with Crippen LogP contribution in [0.15, 0.2) is 66.7 Å². The topological polar surface area (TPSA) is 74.6 Å². The van der Waals surface area contributed by atoms with E-state index in [1.165, 1.54) is 24.3 Å². The van der Waals surface area contributed by atoms with E-state index < -0.39 is 12.9 Å². The van der Waals surface area contributed by atoms with Gasteiger partial charge in [0.25, 0.3) is 12.9 Å². The van der Waals surface area contributed by atoms with E-state index in [0.717, 1.165) is 0 Å². The van der Waals surface area contributed by atoms with Crippen molar-refractivity contribution >= 4 is 41.4 Å². The van der Waals surface area contributed by atoms with Crippen molar-refractivity contribution in [3.63, 3.8) is 0 Å². The van der Waals surface area contributed by atoms with Gasteiger partial charge in [-0.1, -0.05) is 65.7 Å². The monoisotopic (exact) mass is 406 g/mol. The largest absolute Gasteiger partial charge is 0.507 e. The molecule has 3 aromatic rings. The van der Waals surface area contributed by atoms with Gasteiger partial charge in [-0.25, -0.2) is 0 Å². The number of rotatable bonds is 4. The lowest BCUT2D eigenvalue weighted by Gasteiger charge is -2.17. The van der Waals surface area contributed by atoms with E-state index >= 15 is 0 Å². The Balaban J connectivity index is 2.19. The summed E-state index contributed by atoms with van der Waals surface area (Å²) in [6.07, 6.45) is 0. The second-order valence-corrected chi connectivity index (χ2v) is 8.37. The lowest BCUT2D eigenvalue weighted by Crippen LogP contribution is -2.16. The molecule has 0 heterocycles. The van der Waals surface area contributed by atoms with E-state index in [2.05, 4.69) is 0 Å². The van der Waals surface area contributed by atoms with Crippen molar-refractivity contribution in [2.75, 3.05) is 0 Å². The summed E-state index contributed by atoms with van der Waals surface area (Å²) in [4.78, 5) is 23.5. The second kappa shape index (κ2) is 7.26. The van der Waals surface area contributed by atoms with E-state index in [-0.39, 0.29) is 32.2 Å². The molecule has 0 bridgehead atoms. The standard InChI is InChI=1S/C19H13Cl2O4P/c20-14-8-5-9-15(21)18(14)19(23)26(24,25)17-11-4-2-7-13(17)12-6-1-3-10-16(12)22/h1-11,22H,(H,24,25). The number of halogens is 2. The zero-order chi connectivity index (χ0) is 18.9. The molecule has 0 spiro atoms. The minimum absolute atomic E-state index is 0.00295. The number of phenolic OH excluding ortho intramolecular Hbond substituents is 1. The SMILES string of the molecule is O=C(c1c(Cl)cccc1Cl)P(=O)(O)c1ccccc1-c1ccccc1O. The number of para-hydroxylation sites is 1. The van der Waals surface area contributed by atoms with Gasteiger partial charge in [-0.15, -0.1) is 0 Å². The molecule has 0 saturated heterocycles. The van der Waals surface area contributed by atoms with Crippen molar-refractivity contribution in [2.45, 2.75) is 0 Å². The van der Waals surface area contributed by atoms with Crippen LogP contribution >= 0.6 is 30.6 Å². The first-order chi connectivity index (χ1) is 12.3. The van der Waals surface area contributed by atoms with Gasteiger partial charge in [-0.2, -0.15) is 0 Å². The van der Waals surface area contributed by atoms with Gasteiger partial charge in [-0.3, -0.25) is 9.36 Å². The molecule has 4 nitrogen and oxygen atoms in total. The van der Waals surface area contributed by atoms with Crippen molar-refractivity contribution in [2.24, 2.45) is 0 Å². The summed E-state index contributed by atoms with van der Waals surface area (Å²) >= 11 is 12.0. The van der Waals surface area contributed by atoms with Gasteiger partial charge in [-0.05, 0) is 29.8 Å². The fraction of sp³-hybridized carbons (Fsp3) is 0. The molecule has 0 aliphatic carbocycles. The highest BCUT2D eigenvalue weighted by Crippen LogP contribution is 2.48. The highest BCUT2D eigenvalue weighted by molar-refractivity contribution is 7.83. The van der Waals surface area contributed by atoms with E-state index in [1.807, 2.05) is 0 Å². The van der Waals surface area contributed by atoms with Crippen LogP contribution < -0.4 is 5.30 Å². The summed E-state index contributed by atoms with van der Waals surface area (Å²) in [5.41, 5.74) is -0.631. The molecule has 132 valence electrons. The Morgan fingerprint density at radius 2 is 1.35 bits per heavy atom. The number of carbonyl (C=O) groups excluding carboxylic acids is 1. The Bertz CT molecular complexity index is 1030. The van der Waals surface area contributed by atoms with Crippen molar-refractivity contribution in [3.8, 4) is 16.9 Å². The summed E-state index contributed by atoms with van der Waals surface area (Å²) in [5, 5.41) is 10.00. The van der Waals surface area contributed by atoms with Gasteiger partial charge in [0.2, 0.25) is 0 Å². The number of hydrogen-bond donors (Lipinski definition) is 2. The molecule has 26 heavy (non-hydrogen) atoms. The summed E-state index contributed by atoms with van der Waals surface area (Å²) < 4.78 is 13.1. The van der Waals surface area contributed by atoms with E-state index in [4.69, 9.17) is 23.2 Å². The molecule has 3 aromatic carbocycles. The van der Waals surface area contributed by atoms with Crippen molar-refractivity contribution < 1.29 is 19.4 Å². The van der Waals surface area contributed by atoms with Gasteiger partial charge in [0, 0.05) is 5.56 Å². The van der Waals surface area contributed by atoms with Crippen LogP contribution in [0.4, 0.5) is 0 Å². The van der Waals surface area contributed by atoms with Crippen LogP contribution in [-0.2, 0) is 4.57 Å². The molecule has 0 radical (unpaired) electrons. The molecular formula is C19H13Cl2O4P. The molecule has 0 aliphatic heterocycles. The first kappa shape index (κ1) is 18.7. The third-order valence-corrected chi connectivity index (χ3v) is 6.32. The quantitative estimate of drug-likeness (QED) is 0.590.